The van der Waals surface area contributed by atoms with Crippen molar-refractivity contribution in [1.29, 1.82) is 0 Å². The second kappa shape index (κ2) is 11.3. The highest BCUT2D eigenvalue weighted by Crippen LogP contribution is 2.22. The van der Waals surface area contributed by atoms with Gasteiger partial charge in [0.05, 0.1) is 18.8 Å². The van der Waals surface area contributed by atoms with Crippen LogP contribution in [0.5, 0.6) is 0 Å². The van der Waals surface area contributed by atoms with Crippen LogP contribution in [-0.4, -0.2) is 84.6 Å². The molecule has 8 heteroatoms. The Labute approximate surface area is 180 Å². The molecule has 1 aromatic heterocycles. The fourth-order valence-corrected chi connectivity index (χ4v) is 4.36. The quantitative estimate of drug-likeness (QED) is 0.541. The Morgan fingerprint density at radius 3 is 2.43 bits per heavy atom. The van der Waals surface area contributed by atoms with Crippen LogP contribution in [0.15, 0.2) is 15.6 Å². The lowest BCUT2D eigenvalue weighted by Gasteiger charge is -2.37. The molecule has 0 radical (unpaired) electrons. The maximum absolute atomic E-state index is 12.5. The van der Waals surface area contributed by atoms with Gasteiger partial charge in [-0.1, -0.05) is 19.0 Å². The van der Waals surface area contributed by atoms with E-state index in [1.807, 2.05) is 11.9 Å². The number of aromatic nitrogens is 1. The maximum Gasteiger partial charge on any atom is 0.236 e. The number of piperazine rings is 1. The number of guanidine groups is 1. The van der Waals surface area contributed by atoms with Gasteiger partial charge in [0.25, 0.3) is 0 Å². The van der Waals surface area contributed by atoms with Crippen LogP contribution in [0.1, 0.15) is 63.3 Å². The summed E-state index contributed by atoms with van der Waals surface area (Å²) in [5, 5.41) is 7.64. The number of amides is 1. The van der Waals surface area contributed by atoms with E-state index in [-0.39, 0.29) is 5.91 Å². The number of likely N-dealkylation sites (tertiary alicyclic amines) is 1. The molecule has 0 saturated carbocycles. The topological polar surface area (TPSA) is 77.2 Å². The van der Waals surface area contributed by atoms with Crippen LogP contribution in [0.3, 0.4) is 0 Å². The van der Waals surface area contributed by atoms with Crippen molar-refractivity contribution in [2.75, 3.05) is 52.9 Å². The van der Waals surface area contributed by atoms with Gasteiger partial charge in [-0.3, -0.25) is 14.7 Å². The summed E-state index contributed by atoms with van der Waals surface area (Å²) in [5.41, 5.74) is 1.04. The highest BCUT2D eigenvalue weighted by atomic mass is 16.5. The highest BCUT2D eigenvalue weighted by molar-refractivity contribution is 5.80. The molecule has 2 aliphatic rings. The predicted octanol–water partition coefficient (Wildman–Crippen LogP) is 2.28. The van der Waals surface area contributed by atoms with E-state index in [0.717, 1.165) is 82.4 Å². The molecule has 0 spiro atoms. The number of aliphatic imine (C=N–C) groups is 1. The number of nitrogens with zero attached hydrogens (tertiary/aromatic N) is 5. The Morgan fingerprint density at radius 1 is 1.10 bits per heavy atom. The molecular weight excluding hydrogens is 380 g/mol. The Hall–Kier alpha value is -2.09. The van der Waals surface area contributed by atoms with Gasteiger partial charge < -0.3 is 19.6 Å². The summed E-state index contributed by atoms with van der Waals surface area (Å²) in [6.45, 7) is 10.8. The lowest BCUT2D eigenvalue weighted by atomic mass is 9.99. The van der Waals surface area contributed by atoms with Crippen molar-refractivity contribution in [1.82, 2.24) is 25.2 Å². The standard InChI is InChI=1S/C22H38N6O2/c1-4-18(5-2)20-15-19(30-25-20)16-24-22(23-3)28-13-11-26(12-14-28)17-21(29)27-9-7-6-8-10-27/h15,18H,4-14,16-17H2,1-3H3,(H,23,24). The molecule has 0 aromatic carbocycles. The van der Waals surface area contributed by atoms with E-state index in [9.17, 15) is 4.79 Å². The van der Waals surface area contributed by atoms with Crippen molar-refractivity contribution in [2.45, 2.75) is 58.4 Å². The van der Waals surface area contributed by atoms with Gasteiger partial charge in [0.1, 0.15) is 0 Å². The lowest BCUT2D eigenvalue weighted by Crippen LogP contribution is -2.54. The fraction of sp³-hybridized carbons (Fsp3) is 0.773. The van der Waals surface area contributed by atoms with Crippen LogP contribution in [0.25, 0.3) is 0 Å². The van der Waals surface area contributed by atoms with Crippen LogP contribution in [0, 0.1) is 0 Å². The SMILES string of the molecule is CCC(CC)c1cc(CNC(=NC)N2CCN(CC(=O)N3CCCCC3)CC2)on1. The van der Waals surface area contributed by atoms with Gasteiger partial charge in [-0.05, 0) is 32.1 Å². The molecule has 1 aromatic rings. The molecular formula is C22H38N6O2. The summed E-state index contributed by atoms with van der Waals surface area (Å²) < 4.78 is 5.51. The zero-order valence-corrected chi connectivity index (χ0v) is 18.9. The van der Waals surface area contributed by atoms with Gasteiger partial charge in [0.15, 0.2) is 11.7 Å². The van der Waals surface area contributed by atoms with Crippen molar-refractivity contribution >= 4 is 11.9 Å². The lowest BCUT2D eigenvalue weighted by molar-refractivity contribution is -0.133. The summed E-state index contributed by atoms with van der Waals surface area (Å²) in [4.78, 5) is 23.5. The van der Waals surface area contributed by atoms with Gasteiger partial charge in [-0.2, -0.15) is 0 Å². The monoisotopic (exact) mass is 418 g/mol. The number of piperidine rings is 1. The average Bonchev–Trinajstić information content (AvgIpc) is 3.25. The summed E-state index contributed by atoms with van der Waals surface area (Å²) in [7, 11) is 1.81. The molecule has 8 nitrogen and oxygen atoms in total. The molecule has 0 unspecified atom stereocenters. The molecule has 0 aliphatic carbocycles. The van der Waals surface area contributed by atoms with E-state index in [0.29, 0.717) is 19.0 Å². The highest BCUT2D eigenvalue weighted by Gasteiger charge is 2.24. The van der Waals surface area contributed by atoms with Crippen molar-refractivity contribution in [3.63, 3.8) is 0 Å². The van der Waals surface area contributed by atoms with E-state index < -0.39 is 0 Å². The first-order chi connectivity index (χ1) is 14.6. The fourth-order valence-electron chi connectivity index (χ4n) is 4.36. The van der Waals surface area contributed by atoms with E-state index in [2.05, 4.69) is 45.2 Å². The third-order valence-electron chi connectivity index (χ3n) is 6.35. The normalized spacial score (nSPS) is 18.9. The van der Waals surface area contributed by atoms with Crippen LogP contribution in [-0.2, 0) is 11.3 Å². The number of nitrogens with one attached hydrogen (secondary N) is 1. The number of hydrogen-bond acceptors (Lipinski definition) is 5. The minimum absolute atomic E-state index is 0.282. The van der Waals surface area contributed by atoms with Crippen molar-refractivity contribution in [3.8, 4) is 0 Å². The van der Waals surface area contributed by atoms with Gasteiger partial charge in [-0.15, -0.1) is 0 Å². The molecule has 3 rings (SSSR count). The third kappa shape index (κ3) is 5.97. The molecule has 2 fully saturated rings. The largest absolute Gasteiger partial charge is 0.359 e. The molecule has 1 N–H and O–H groups in total. The summed E-state index contributed by atoms with van der Waals surface area (Å²) >= 11 is 0. The number of carbonyl (C=O) groups is 1. The first-order valence-corrected chi connectivity index (χ1v) is 11.6. The van der Waals surface area contributed by atoms with Crippen molar-refractivity contribution in [2.24, 2.45) is 4.99 Å². The zero-order valence-electron chi connectivity index (χ0n) is 18.9. The minimum atomic E-state index is 0.282. The molecule has 30 heavy (non-hydrogen) atoms. The van der Waals surface area contributed by atoms with E-state index >= 15 is 0 Å². The first kappa shape index (κ1) is 22.6. The molecule has 1 amide bonds. The molecule has 0 bridgehead atoms. The number of carbonyl (C=O) groups excluding carboxylic acids is 1. The Morgan fingerprint density at radius 2 is 1.80 bits per heavy atom. The van der Waals surface area contributed by atoms with E-state index in [4.69, 9.17) is 4.52 Å². The average molecular weight is 419 g/mol. The predicted molar refractivity (Wildman–Crippen MR) is 118 cm³/mol. The minimum Gasteiger partial charge on any atom is -0.359 e. The van der Waals surface area contributed by atoms with Gasteiger partial charge >= 0.3 is 0 Å². The molecule has 3 heterocycles. The van der Waals surface area contributed by atoms with Crippen LogP contribution >= 0.6 is 0 Å². The smallest absolute Gasteiger partial charge is 0.236 e. The molecule has 2 saturated heterocycles. The molecule has 2 aliphatic heterocycles. The van der Waals surface area contributed by atoms with Crippen molar-refractivity contribution in [3.05, 3.63) is 17.5 Å². The molecule has 0 atom stereocenters. The Kier molecular flexibility index (Phi) is 8.54. The first-order valence-electron chi connectivity index (χ1n) is 11.6. The van der Waals surface area contributed by atoms with Crippen LogP contribution in [0.4, 0.5) is 0 Å². The Balaban J connectivity index is 1.43. The third-order valence-corrected chi connectivity index (χ3v) is 6.35. The number of hydrogen-bond donors (Lipinski definition) is 1. The van der Waals surface area contributed by atoms with Crippen molar-refractivity contribution < 1.29 is 9.32 Å². The van der Waals surface area contributed by atoms with Crippen LogP contribution in [0.2, 0.25) is 0 Å². The summed E-state index contributed by atoms with van der Waals surface area (Å²) in [6.07, 6.45) is 5.68. The maximum atomic E-state index is 12.5. The van der Waals surface area contributed by atoms with Gasteiger partial charge in [0.2, 0.25) is 5.91 Å². The van der Waals surface area contributed by atoms with Gasteiger partial charge in [-0.25, -0.2) is 0 Å². The molecule has 168 valence electrons. The summed E-state index contributed by atoms with van der Waals surface area (Å²) in [6, 6.07) is 2.06. The van der Waals surface area contributed by atoms with E-state index in [1.165, 1.54) is 6.42 Å². The number of rotatable bonds is 7. The summed E-state index contributed by atoms with van der Waals surface area (Å²) in [5.74, 6) is 2.45. The van der Waals surface area contributed by atoms with Crippen LogP contribution < -0.4 is 5.32 Å². The van der Waals surface area contributed by atoms with E-state index in [1.54, 1.807) is 0 Å². The Bertz CT molecular complexity index is 686. The second-order valence-corrected chi connectivity index (χ2v) is 8.34. The zero-order chi connectivity index (χ0) is 21.3. The second-order valence-electron chi connectivity index (χ2n) is 8.34. The van der Waals surface area contributed by atoms with Gasteiger partial charge in [0, 0.05) is 58.3 Å².